The summed E-state index contributed by atoms with van der Waals surface area (Å²) in [6.45, 7) is 5.06. The molecule has 1 N–H and O–H groups in total. The number of aliphatic hydroxyl groups excluding tert-OH is 1. The molecule has 0 aliphatic carbocycles. The minimum absolute atomic E-state index is 0.144. The SMILES string of the molecule is Cc1oc(-c2cccc(C(F)(F)F)c2)nc1CN1CCN(C)[C@H](CCO)C1. The lowest BCUT2D eigenvalue weighted by atomic mass is 10.1. The van der Waals surface area contributed by atoms with Gasteiger partial charge < -0.3 is 14.4 Å². The second-order valence-corrected chi connectivity index (χ2v) is 6.98. The summed E-state index contributed by atoms with van der Waals surface area (Å²) in [4.78, 5) is 8.92. The third kappa shape index (κ3) is 4.69. The fourth-order valence-electron chi connectivity index (χ4n) is 3.35. The molecule has 0 saturated carbocycles. The second-order valence-electron chi connectivity index (χ2n) is 6.98. The first-order valence-electron chi connectivity index (χ1n) is 8.95. The number of aliphatic hydroxyl groups is 1. The number of benzene rings is 1. The van der Waals surface area contributed by atoms with E-state index in [1.54, 1.807) is 13.0 Å². The van der Waals surface area contributed by atoms with Gasteiger partial charge in [-0.3, -0.25) is 4.90 Å². The zero-order valence-corrected chi connectivity index (χ0v) is 15.5. The van der Waals surface area contributed by atoms with Gasteiger partial charge in [-0.15, -0.1) is 0 Å². The first-order chi connectivity index (χ1) is 12.8. The van der Waals surface area contributed by atoms with Crippen molar-refractivity contribution in [1.82, 2.24) is 14.8 Å². The molecular formula is C19H24F3N3O2. The molecule has 2 heterocycles. The number of alkyl halides is 3. The van der Waals surface area contributed by atoms with Crippen molar-refractivity contribution in [2.45, 2.75) is 32.1 Å². The van der Waals surface area contributed by atoms with E-state index in [0.717, 1.165) is 37.5 Å². The fourth-order valence-corrected chi connectivity index (χ4v) is 3.35. The number of aryl methyl sites for hydroxylation is 1. The minimum atomic E-state index is -4.40. The van der Waals surface area contributed by atoms with Gasteiger partial charge in [0.25, 0.3) is 0 Å². The Kier molecular flexibility index (Phi) is 5.88. The molecule has 148 valence electrons. The lowest BCUT2D eigenvalue weighted by Crippen LogP contribution is -2.51. The molecule has 1 fully saturated rings. The summed E-state index contributed by atoms with van der Waals surface area (Å²) >= 11 is 0. The Labute approximate surface area is 156 Å². The summed E-state index contributed by atoms with van der Waals surface area (Å²) in [5.74, 6) is 0.815. The molecular weight excluding hydrogens is 359 g/mol. The molecule has 1 aromatic heterocycles. The number of halogens is 3. The lowest BCUT2D eigenvalue weighted by molar-refractivity contribution is -0.137. The quantitative estimate of drug-likeness (QED) is 0.860. The van der Waals surface area contributed by atoms with Gasteiger partial charge in [-0.25, -0.2) is 4.98 Å². The van der Waals surface area contributed by atoms with Gasteiger partial charge in [0.1, 0.15) is 5.76 Å². The molecule has 8 heteroatoms. The summed E-state index contributed by atoms with van der Waals surface area (Å²) < 4.78 is 44.4. The van der Waals surface area contributed by atoms with Gasteiger partial charge in [0.05, 0.1) is 11.3 Å². The summed E-state index contributed by atoms with van der Waals surface area (Å²) in [6.07, 6.45) is -3.69. The number of aromatic nitrogens is 1. The topological polar surface area (TPSA) is 52.7 Å². The number of rotatable bonds is 5. The molecule has 1 aliphatic rings. The van der Waals surface area contributed by atoms with Gasteiger partial charge in [-0.05, 0) is 38.6 Å². The van der Waals surface area contributed by atoms with Crippen LogP contribution in [0.4, 0.5) is 13.2 Å². The van der Waals surface area contributed by atoms with Crippen molar-refractivity contribution in [1.29, 1.82) is 0 Å². The van der Waals surface area contributed by atoms with E-state index in [2.05, 4.69) is 14.8 Å². The Balaban J connectivity index is 1.75. The molecule has 0 amide bonds. The molecule has 1 saturated heterocycles. The Bertz CT molecular complexity index is 776. The van der Waals surface area contributed by atoms with Crippen LogP contribution in [0.1, 0.15) is 23.4 Å². The summed E-state index contributed by atoms with van der Waals surface area (Å²) in [6, 6.07) is 5.29. The monoisotopic (exact) mass is 383 g/mol. The van der Waals surface area contributed by atoms with Gasteiger partial charge in [0, 0.05) is 44.4 Å². The van der Waals surface area contributed by atoms with E-state index in [1.165, 1.54) is 6.07 Å². The largest absolute Gasteiger partial charge is 0.441 e. The highest BCUT2D eigenvalue weighted by Crippen LogP contribution is 2.32. The van der Waals surface area contributed by atoms with Crippen LogP contribution in [0, 0.1) is 6.92 Å². The molecule has 3 rings (SSSR count). The van der Waals surface area contributed by atoms with Crippen LogP contribution in [0.25, 0.3) is 11.5 Å². The third-order valence-corrected chi connectivity index (χ3v) is 5.03. The Morgan fingerprint density at radius 1 is 1.30 bits per heavy atom. The average molecular weight is 383 g/mol. The second kappa shape index (κ2) is 8.00. The van der Waals surface area contributed by atoms with Crippen molar-refractivity contribution >= 4 is 0 Å². The van der Waals surface area contributed by atoms with Crippen molar-refractivity contribution in [3.8, 4) is 11.5 Å². The lowest BCUT2D eigenvalue weighted by Gasteiger charge is -2.39. The maximum Gasteiger partial charge on any atom is 0.416 e. The van der Waals surface area contributed by atoms with Crippen molar-refractivity contribution in [2.75, 3.05) is 33.3 Å². The molecule has 1 aromatic carbocycles. The van der Waals surface area contributed by atoms with Crippen LogP contribution in [-0.4, -0.2) is 59.2 Å². The molecule has 27 heavy (non-hydrogen) atoms. The van der Waals surface area contributed by atoms with Crippen molar-refractivity contribution < 1.29 is 22.7 Å². The molecule has 2 aromatic rings. The van der Waals surface area contributed by atoms with Crippen LogP contribution in [0.15, 0.2) is 28.7 Å². The van der Waals surface area contributed by atoms with E-state index in [-0.39, 0.29) is 18.5 Å². The third-order valence-electron chi connectivity index (χ3n) is 5.03. The van der Waals surface area contributed by atoms with Crippen LogP contribution < -0.4 is 0 Å². The maximum atomic E-state index is 12.9. The summed E-state index contributed by atoms with van der Waals surface area (Å²) in [5, 5.41) is 9.21. The van der Waals surface area contributed by atoms with Crippen molar-refractivity contribution in [3.63, 3.8) is 0 Å². The molecule has 0 radical (unpaired) electrons. The highest BCUT2D eigenvalue weighted by atomic mass is 19.4. The number of likely N-dealkylation sites (N-methyl/N-ethyl adjacent to an activating group) is 1. The smallest absolute Gasteiger partial charge is 0.416 e. The predicted molar refractivity (Wildman–Crippen MR) is 95.1 cm³/mol. The Hall–Kier alpha value is -1.90. The average Bonchev–Trinajstić information content (AvgIpc) is 2.98. The fraction of sp³-hybridized carbons (Fsp3) is 0.526. The van der Waals surface area contributed by atoms with Crippen LogP contribution in [0.3, 0.4) is 0 Å². The van der Waals surface area contributed by atoms with E-state index in [0.29, 0.717) is 24.3 Å². The predicted octanol–water partition coefficient (Wildman–Crippen LogP) is 3.17. The van der Waals surface area contributed by atoms with Gasteiger partial charge in [-0.2, -0.15) is 13.2 Å². The molecule has 1 atom stereocenters. The van der Waals surface area contributed by atoms with E-state index in [4.69, 9.17) is 4.42 Å². The van der Waals surface area contributed by atoms with Gasteiger partial charge in [0.15, 0.2) is 0 Å². The van der Waals surface area contributed by atoms with Crippen LogP contribution in [-0.2, 0) is 12.7 Å². The van der Waals surface area contributed by atoms with Crippen molar-refractivity contribution in [2.24, 2.45) is 0 Å². The van der Waals surface area contributed by atoms with Gasteiger partial charge >= 0.3 is 6.18 Å². The molecule has 0 spiro atoms. The van der Waals surface area contributed by atoms with Crippen LogP contribution in [0.5, 0.6) is 0 Å². The highest BCUT2D eigenvalue weighted by molar-refractivity contribution is 5.55. The van der Waals surface area contributed by atoms with E-state index in [1.807, 2.05) is 7.05 Å². The van der Waals surface area contributed by atoms with Crippen molar-refractivity contribution in [3.05, 3.63) is 41.3 Å². The summed E-state index contributed by atoms with van der Waals surface area (Å²) in [7, 11) is 2.05. The molecule has 5 nitrogen and oxygen atoms in total. The molecule has 0 bridgehead atoms. The van der Waals surface area contributed by atoms with E-state index < -0.39 is 11.7 Å². The Morgan fingerprint density at radius 2 is 2.07 bits per heavy atom. The zero-order valence-electron chi connectivity index (χ0n) is 15.5. The number of nitrogens with zero attached hydrogens (tertiary/aromatic N) is 3. The molecule has 1 aliphatic heterocycles. The number of hydrogen-bond donors (Lipinski definition) is 1. The zero-order chi connectivity index (χ0) is 19.6. The molecule has 0 unspecified atom stereocenters. The van der Waals surface area contributed by atoms with Crippen LogP contribution >= 0.6 is 0 Å². The maximum absolute atomic E-state index is 12.9. The highest BCUT2D eigenvalue weighted by Gasteiger charge is 2.31. The number of oxazole rings is 1. The normalized spacial score (nSPS) is 19.6. The van der Waals surface area contributed by atoms with E-state index in [9.17, 15) is 18.3 Å². The van der Waals surface area contributed by atoms with E-state index >= 15 is 0 Å². The first kappa shape index (κ1) is 19.9. The summed E-state index contributed by atoms with van der Waals surface area (Å²) in [5.41, 5.74) is 0.328. The number of hydrogen-bond acceptors (Lipinski definition) is 5. The van der Waals surface area contributed by atoms with Gasteiger partial charge in [0.2, 0.25) is 5.89 Å². The minimum Gasteiger partial charge on any atom is -0.441 e. The first-order valence-corrected chi connectivity index (χ1v) is 8.95. The standard InChI is InChI=1S/C19H24F3N3O2/c1-13-17(12-25-8-7-24(2)16(11-25)6-9-26)23-18(27-13)14-4-3-5-15(10-14)19(20,21)22/h3-5,10,16,26H,6-9,11-12H2,1-2H3/t16-/m1/s1. The van der Waals surface area contributed by atoms with Gasteiger partial charge in [-0.1, -0.05) is 6.07 Å². The Morgan fingerprint density at radius 3 is 2.78 bits per heavy atom. The van der Waals surface area contributed by atoms with Crippen LogP contribution in [0.2, 0.25) is 0 Å². The number of piperazine rings is 1.